The maximum Gasteiger partial charge on any atom is 0.846 e. The number of alkyl halides is 2. The van der Waals surface area contributed by atoms with E-state index in [2.05, 4.69) is 4.74 Å². The van der Waals surface area contributed by atoms with E-state index in [0.717, 1.165) is 28.1 Å². The molecule has 1 aromatic heterocycles. The molecule has 2 N–H and O–H groups in total. The van der Waals surface area contributed by atoms with Crippen LogP contribution in [0.15, 0.2) is 66.0 Å². The van der Waals surface area contributed by atoms with Crippen LogP contribution in [0.3, 0.4) is 0 Å². The first-order valence-corrected chi connectivity index (χ1v) is 9.32. The van der Waals surface area contributed by atoms with Gasteiger partial charge < -0.3 is 10.5 Å². The van der Waals surface area contributed by atoms with Gasteiger partial charge in [-0.3, -0.25) is 4.48 Å². The molecule has 4 nitrogen and oxygen atoms in total. The predicted octanol–water partition coefficient (Wildman–Crippen LogP) is 4.09. The summed E-state index contributed by atoms with van der Waals surface area (Å²) in [4.78, 5) is 0. The van der Waals surface area contributed by atoms with Gasteiger partial charge in [-0.15, -0.1) is 0 Å². The van der Waals surface area contributed by atoms with Crippen LogP contribution in [0.5, 0.6) is 5.75 Å². The summed E-state index contributed by atoms with van der Waals surface area (Å²) in [5.74, 6) is 0.0954. The number of hydrogen-bond acceptors (Lipinski definition) is 2. The standard InChI is InChI=1S/C21H20BF3N3O/c1-14-13-16(7-4-15-5-8-17(9-6-15)29-21(23)24)28-20(14)18(10-11-26)19-3-2-12-27(19)22(28)25/h2-9,12-13,21H,10-11,26H2,1H3/q+1/b7-4+. The number of nitrogens with zero attached hydrogens (tertiary/aromatic N) is 2. The van der Waals surface area contributed by atoms with Crippen molar-refractivity contribution in [3.63, 3.8) is 0 Å². The van der Waals surface area contributed by atoms with E-state index in [9.17, 15) is 8.78 Å². The van der Waals surface area contributed by atoms with Crippen LogP contribution < -0.4 is 10.5 Å². The molecule has 0 aliphatic carbocycles. The number of hydrogen-bond donors (Lipinski definition) is 1. The van der Waals surface area contributed by atoms with Crippen LogP contribution in [0.1, 0.15) is 24.6 Å². The van der Waals surface area contributed by atoms with Gasteiger partial charge >= 0.3 is 13.9 Å². The highest BCUT2D eigenvalue weighted by Crippen LogP contribution is 2.36. The van der Waals surface area contributed by atoms with E-state index >= 15 is 4.32 Å². The van der Waals surface area contributed by atoms with Crippen molar-refractivity contribution in [1.82, 2.24) is 4.48 Å². The van der Waals surface area contributed by atoms with E-state index in [-0.39, 0.29) is 5.75 Å². The summed E-state index contributed by atoms with van der Waals surface area (Å²) in [6, 6.07) is 10.0. The molecule has 0 unspecified atom stereocenters. The van der Waals surface area contributed by atoms with Gasteiger partial charge in [0.15, 0.2) is 11.4 Å². The van der Waals surface area contributed by atoms with E-state index in [4.69, 9.17) is 5.73 Å². The van der Waals surface area contributed by atoms with Gasteiger partial charge in [0.2, 0.25) is 0 Å². The molecular weight excluding hydrogens is 378 g/mol. The van der Waals surface area contributed by atoms with Crippen LogP contribution in [0.25, 0.3) is 11.6 Å². The molecule has 29 heavy (non-hydrogen) atoms. The number of ether oxygens (including phenoxy) is 1. The number of allylic oxidation sites excluding steroid dienone is 3. The van der Waals surface area contributed by atoms with Crippen LogP contribution in [0, 0.1) is 0 Å². The molecule has 0 saturated carbocycles. The van der Waals surface area contributed by atoms with Gasteiger partial charge in [0.1, 0.15) is 5.75 Å². The molecule has 2 aliphatic heterocycles. The minimum Gasteiger partial charge on any atom is -0.435 e. The van der Waals surface area contributed by atoms with Crippen molar-refractivity contribution in [2.24, 2.45) is 5.73 Å². The third-order valence-corrected chi connectivity index (χ3v) is 5.02. The highest BCUT2D eigenvalue weighted by Gasteiger charge is 2.49. The lowest BCUT2D eigenvalue weighted by molar-refractivity contribution is -0.335. The Kier molecular flexibility index (Phi) is 5.19. The fraction of sp³-hybridized carbons (Fsp3) is 0.190. The summed E-state index contributed by atoms with van der Waals surface area (Å²) < 4.78 is 47.5. The Bertz CT molecular complexity index is 1050. The molecular formula is C21H20BF3N3O+. The summed E-state index contributed by atoms with van der Waals surface area (Å²) in [5.41, 5.74) is 11.0. The van der Waals surface area contributed by atoms with Gasteiger partial charge in [0.25, 0.3) is 0 Å². The molecule has 0 bridgehead atoms. The normalized spacial score (nSPS) is 16.1. The number of aromatic nitrogens is 1. The van der Waals surface area contributed by atoms with E-state index in [1.807, 2.05) is 37.3 Å². The molecule has 0 fully saturated rings. The van der Waals surface area contributed by atoms with Crippen LogP contribution in [-0.4, -0.2) is 35.1 Å². The van der Waals surface area contributed by atoms with Crippen LogP contribution in [0.4, 0.5) is 13.1 Å². The average molecular weight is 398 g/mol. The number of nitrogens with two attached hydrogens (primary N) is 1. The average Bonchev–Trinajstić information content (AvgIpc) is 3.30. The van der Waals surface area contributed by atoms with E-state index in [1.54, 1.807) is 27.3 Å². The van der Waals surface area contributed by atoms with Gasteiger partial charge in [0, 0.05) is 35.2 Å². The van der Waals surface area contributed by atoms with E-state index in [1.165, 1.54) is 12.1 Å². The van der Waals surface area contributed by atoms with Crippen LogP contribution in [0.2, 0.25) is 0 Å². The number of halogens is 3. The van der Waals surface area contributed by atoms with Gasteiger partial charge in [-0.05, 0) is 55.8 Å². The van der Waals surface area contributed by atoms with Crippen molar-refractivity contribution in [2.45, 2.75) is 20.0 Å². The van der Waals surface area contributed by atoms with Gasteiger partial charge in [0.05, 0.1) is 0 Å². The molecule has 0 amide bonds. The summed E-state index contributed by atoms with van der Waals surface area (Å²) in [6.45, 7) is -0.424. The SMILES string of the molecule is CC1=CC(/C=C/c2ccc(OC(F)F)cc2)=[N+]2B(F)n3cccc3C(CCN)=C12. The second-order valence-corrected chi connectivity index (χ2v) is 6.88. The maximum absolute atomic E-state index is 15.3. The Morgan fingerprint density at radius 3 is 2.66 bits per heavy atom. The molecule has 4 rings (SSSR count). The third-order valence-electron chi connectivity index (χ3n) is 5.02. The smallest absolute Gasteiger partial charge is 0.435 e. The Morgan fingerprint density at radius 1 is 1.21 bits per heavy atom. The molecule has 0 atom stereocenters. The lowest BCUT2D eigenvalue weighted by atomic mass is 9.90. The summed E-state index contributed by atoms with van der Waals surface area (Å²) >= 11 is 0. The molecule has 2 aromatic rings. The zero-order chi connectivity index (χ0) is 20.5. The molecule has 0 saturated heterocycles. The van der Waals surface area contributed by atoms with Gasteiger partial charge in [-0.25, -0.2) is 8.80 Å². The summed E-state index contributed by atoms with van der Waals surface area (Å²) in [5, 5.41) is 0. The van der Waals surface area contributed by atoms with Crippen molar-refractivity contribution in [3.05, 3.63) is 77.3 Å². The largest absolute Gasteiger partial charge is 0.846 e. The van der Waals surface area contributed by atoms with Crippen molar-refractivity contribution in [2.75, 3.05) is 6.54 Å². The molecule has 2 aliphatic rings. The molecule has 0 radical (unpaired) electrons. The minimum absolute atomic E-state index is 0.0954. The fourth-order valence-electron chi connectivity index (χ4n) is 3.83. The van der Waals surface area contributed by atoms with Crippen LogP contribution in [-0.2, 0) is 0 Å². The number of fused-ring (bicyclic) bond motifs is 2. The monoisotopic (exact) mass is 398 g/mol. The first kappa shape index (κ1) is 19.3. The Hall–Kier alpha value is -3.00. The molecule has 8 heteroatoms. The first-order valence-electron chi connectivity index (χ1n) is 9.32. The second-order valence-electron chi connectivity index (χ2n) is 6.88. The van der Waals surface area contributed by atoms with Crippen molar-refractivity contribution in [3.8, 4) is 5.75 Å². The predicted molar refractivity (Wildman–Crippen MR) is 108 cm³/mol. The van der Waals surface area contributed by atoms with Crippen LogP contribution >= 0.6 is 0 Å². The zero-order valence-electron chi connectivity index (χ0n) is 15.9. The maximum atomic E-state index is 15.3. The topological polar surface area (TPSA) is 43.2 Å². The Morgan fingerprint density at radius 2 is 1.97 bits per heavy atom. The summed E-state index contributed by atoms with van der Waals surface area (Å²) in [7, 11) is -1.35. The zero-order valence-corrected chi connectivity index (χ0v) is 15.9. The van der Waals surface area contributed by atoms with Crippen molar-refractivity contribution < 1.29 is 22.3 Å². The quantitative estimate of drug-likeness (QED) is 0.745. The molecule has 148 valence electrons. The van der Waals surface area contributed by atoms with E-state index < -0.39 is 13.9 Å². The Balaban J connectivity index is 1.70. The first-order chi connectivity index (χ1) is 14.0. The van der Waals surface area contributed by atoms with Gasteiger partial charge in [-0.2, -0.15) is 8.78 Å². The third kappa shape index (κ3) is 3.56. The van der Waals surface area contributed by atoms with Crippen molar-refractivity contribution in [1.29, 1.82) is 0 Å². The minimum atomic E-state index is -2.86. The number of benzene rings is 1. The second kappa shape index (κ2) is 7.79. The lowest BCUT2D eigenvalue weighted by Crippen LogP contribution is -2.40. The van der Waals surface area contributed by atoms with E-state index in [0.29, 0.717) is 18.7 Å². The molecule has 0 spiro atoms. The number of rotatable bonds is 6. The highest BCUT2D eigenvalue weighted by molar-refractivity contribution is 6.43. The Labute approximate surface area is 167 Å². The molecule has 1 aromatic carbocycles. The molecule has 3 heterocycles. The lowest BCUT2D eigenvalue weighted by Gasteiger charge is -2.19. The van der Waals surface area contributed by atoms with Crippen molar-refractivity contribution >= 4 is 24.6 Å². The van der Waals surface area contributed by atoms with Gasteiger partial charge in [-0.1, -0.05) is 12.1 Å². The highest BCUT2D eigenvalue weighted by atomic mass is 19.3. The summed E-state index contributed by atoms with van der Waals surface area (Å²) in [6.07, 6.45) is 7.95. The fourth-order valence-corrected chi connectivity index (χ4v) is 3.83.